The summed E-state index contributed by atoms with van der Waals surface area (Å²) in [7, 11) is -2.66. The molecule has 26 heavy (non-hydrogen) atoms. The van der Waals surface area contributed by atoms with Crippen molar-refractivity contribution in [3.05, 3.63) is 59.7 Å². The standard InChI is InChI=1S/C17H16Cl3NO4S/c1-11-3-9-14(10-4-11)26(23,24)16(17(18,19)20)21-15(22)12-5-7-13(25-2)8-6-12/h3-10,16H,1-2H3,(H,21,22). The van der Waals surface area contributed by atoms with Crippen LogP contribution in [0.5, 0.6) is 5.75 Å². The van der Waals surface area contributed by atoms with Gasteiger partial charge in [0.15, 0.2) is 5.37 Å². The lowest BCUT2D eigenvalue weighted by atomic mass is 10.2. The maximum atomic E-state index is 12.9. The van der Waals surface area contributed by atoms with Crippen molar-refractivity contribution in [3.8, 4) is 5.75 Å². The first kappa shape index (κ1) is 20.8. The van der Waals surface area contributed by atoms with E-state index in [1.54, 1.807) is 24.3 Å². The van der Waals surface area contributed by atoms with Gasteiger partial charge in [-0.3, -0.25) is 4.79 Å². The van der Waals surface area contributed by atoms with Crippen molar-refractivity contribution < 1.29 is 17.9 Å². The number of hydrogen-bond donors (Lipinski definition) is 1. The van der Waals surface area contributed by atoms with Crippen LogP contribution in [0.25, 0.3) is 0 Å². The number of alkyl halides is 3. The second-order valence-corrected chi connectivity index (χ2v) is 9.88. The van der Waals surface area contributed by atoms with Crippen LogP contribution in [0, 0.1) is 6.92 Å². The van der Waals surface area contributed by atoms with Gasteiger partial charge in [0.2, 0.25) is 13.6 Å². The third-order valence-electron chi connectivity index (χ3n) is 3.57. The molecule has 0 saturated carbocycles. The monoisotopic (exact) mass is 435 g/mol. The van der Waals surface area contributed by atoms with E-state index in [-0.39, 0.29) is 10.5 Å². The minimum Gasteiger partial charge on any atom is -0.497 e. The molecule has 5 nitrogen and oxygen atoms in total. The summed E-state index contributed by atoms with van der Waals surface area (Å²) in [5, 5.41) is 0.534. The number of rotatable bonds is 5. The molecule has 1 atom stereocenters. The van der Waals surface area contributed by atoms with E-state index in [9.17, 15) is 13.2 Å². The molecule has 0 aliphatic carbocycles. The summed E-state index contributed by atoms with van der Waals surface area (Å²) in [5.74, 6) is -0.147. The summed E-state index contributed by atoms with van der Waals surface area (Å²) >= 11 is 17.6. The maximum absolute atomic E-state index is 12.9. The molecule has 0 radical (unpaired) electrons. The van der Waals surface area contributed by atoms with Crippen molar-refractivity contribution in [2.75, 3.05) is 7.11 Å². The summed E-state index contributed by atoms with van der Waals surface area (Å²) in [6, 6.07) is 12.1. The van der Waals surface area contributed by atoms with Crippen molar-refractivity contribution >= 4 is 50.5 Å². The Bertz CT molecular complexity index is 876. The lowest BCUT2D eigenvalue weighted by Gasteiger charge is -2.25. The number of amides is 1. The first-order valence-corrected chi connectivity index (χ1v) is 10.1. The summed E-state index contributed by atoms with van der Waals surface area (Å²) in [5.41, 5.74) is 1.07. The predicted molar refractivity (Wildman–Crippen MR) is 103 cm³/mol. The van der Waals surface area contributed by atoms with E-state index >= 15 is 0 Å². The van der Waals surface area contributed by atoms with Gasteiger partial charge in [-0.15, -0.1) is 0 Å². The van der Waals surface area contributed by atoms with Gasteiger partial charge in [-0.2, -0.15) is 0 Å². The van der Waals surface area contributed by atoms with Crippen molar-refractivity contribution in [1.82, 2.24) is 5.32 Å². The molecule has 0 bridgehead atoms. The summed E-state index contributed by atoms with van der Waals surface area (Å²) in [6.07, 6.45) is 0. The fourth-order valence-corrected chi connectivity index (χ4v) is 4.77. The molecule has 0 aromatic heterocycles. The third-order valence-corrected chi connectivity index (χ3v) is 6.64. The van der Waals surface area contributed by atoms with Crippen molar-refractivity contribution in [1.29, 1.82) is 0 Å². The third kappa shape index (κ3) is 4.82. The van der Waals surface area contributed by atoms with Crippen molar-refractivity contribution in [2.24, 2.45) is 0 Å². The van der Waals surface area contributed by atoms with E-state index in [4.69, 9.17) is 39.5 Å². The lowest BCUT2D eigenvalue weighted by Crippen LogP contribution is -2.49. The fourth-order valence-electron chi connectivity index (χ4n) is 2.14. The highest BCUT2D eigenvalue weighted by atomic mass is 35.6. The number of benzene rings is 2. The van der Waals surface area contributed by atoms with Crippen molar-refractivity contribution in [3.63, 3.8) is 0 Å². The molecule has 0 saturated heterocycles. The molecule has 0 aliphatic heterocycles. The number of halogens is 3. The summed E-state index contributed by atoms with van der Waals surface area (Å²) in [4.78, 5) is 12.4. The van der Waals surface area contributed by atoms with E-state index in [0.717, 1.165) is 5.56 Å². The zero-order valence-electron chi connectivity index (χ0n) is 13.9. The van der Waals surface area contributed by atoms with E-state index in [2.05, 4.69) is 5.32 Å². The number of hydrogen-bond acceptors (Lipinski definition) is 4. The second kappa shape index (κ2) is 8.05. The van der Waals surface area contributed by atoms with Crippen LogP contribution in [0.2, 0.25) is 0 Å². The largest absolute Gasteiger partial charge is 0.497 e. The van der Waals surface area contributed by atoms with Gasteiger partial charge in [0.1, 0.15) is 5.75 Å². The Hall–Kier alpha value is -1.47. The molecule has 2 aromatic carbocycles. The molecule has 140 valence electrons. The van der Waals surface area contributed by atoms with E-state index in [1.807, 2.05) is 6.92 Å². The highest BCUT2D eigenvalue weighted by Gasteiger charge is 2.44. The quantitative estimate of drug-likeness (QED) is 0.721. The molecule has 2 rings (SSSR count). The molecule has 1 unspecified atom stereocenters. The molecular weight excluding hydrogens is 421 g/mol. The van der Waals surface area contributed by atoms with E-state index < -0.39 is 24.9 Å². The zero-order chi connectivity index (χ0) is 19.5. The Balaban J connectivity index is 2.35. The number of nitrogens with one attached hydrogen (secondary N) is 1. The Morgan fingerprint density at radius 3 is 2.04 bits per heavy atom. The van der Waals surface area contributed by atoms with Crippen LogP contribution in [0.3, 0.4) is 0 Å². The van der Waals surface area contributed by atoms with Crippen LogP contribution in [0.4, 0.5) is 0 Å². The van der Waals surface area contributed by atoms with Gasteiger partial charge in [-0.1, -0.05) is 52.5 Å². The normalized spacial score (nSPS) is 13.1. The minimum absolute atomic E-state index is 0.0607. The summed E-state index contributed by atoms with van der Waals surface area (Å²) in [6.45, 7) is 1.81. The molecular formula is C17H16Cl3NO4S. The second-order valence-electron chi connectivity index (χ2n) is 5.48. The average molecular weight is 437 g/mol. The fraction of sp³-hybridized carbons (Fsp3) is 0.235. The Kier molecular flexibility index (Phi) is 6.45. The van der Waals surface area contributed by atoms with Crippen LogP contribution >= 0.6 is 34.8 Å². The Morgan fingerprint density at radius 1 is 1.04 bits per heavy atom. The molecule has 1 N–H and O–H groups in total. The van der Waals surface area contributed by atoms with Gasteiger partial charge < -0.3 is 10.1 Å². The molecule has 1 amide bonds. The number of sulfone groups is 1. The van der Waals surface area contributed by atoms with Gasteiger partial charge in [-0.25, -0.2) is 8.42 Å². The number of aryl methyl sites for hydroxylation is 1. The van der Waals surface area contributed by atoms with Crippen LogP contribution in [-0.2, 0) is 9.84 Å². The first-order valence-electron chi connectivity index (χ1n) is 7.38. The maximum Gasteiger partial charge on any atom is 0.252 e. The molecule has 0 aliphatic rings. The van der Waals surface area contributed by atoms with Crippen molar-refractivity contribution in [2.45, 2.75) is 21.0 Å². The molecule has 2 aromatic rings. The minimum atomic E-state index is -4.14. The average Bonchev–Trinajstić information content (AvgIpc) is 2.58. The lowest BCUT2D eigenvalue weighted by molar-refractivity contribution is 0.0948. The van der Waals surface area contributed by atoms with Gasteiger partial charge in [0.25, 0.3) is 5.91 Å². The SMILES string of the molecule is COc1ccc(C(=O)NC(C(Cl)(Cl)Cl)S(=O)(=O)c2ccc(C)cc2)cc1. The highest BCUT2D eigenvalue weighted by Crippen LogP contribution is 2.36. The van der Waals surface area contributed by atoms with E-state index in [1.165, 1.54) is 31.4 Å². The van der Waals surface area contributed by atoms with Gasteiger partial charge >= 0.3 is 0 Å². The van der Waals surface area contributed by atoms with Crippen LogP contribution in [-0.4, -0.2) is 30.6 Å². The highest BCUT2D eigenvalue weighted by molar-refractivity contribution is 7.92. The van der Waals surface area contributed by atoms with Crippen LogP contribution in [0.15, 0.2) is 53.4 Å². The van der Waals surface area contributed by atoms with Crippen LogP contribution < -0.4 is 10.1 Å². The predicted octanol–water partition coefficient (Wildman–Crippen LogP) is 3.90. The Labute approximate surface area is 167 Å². The smallest absolute Gasteiger partial charge is 0.252 e. The molecule has 0 spiro atoms. The summed E-state index contributed by atoms with van der Waals surface area (Å²) < 4.78 is 28.5. The van der Waals surface area contributed by atoms with Crippen LogP contribution in [0.1, 0.15) is 15.9 Å². The van der Waals surface area contributed by atoms with Gasteiger partial charge in [0, 0.05) is 5.56 Å². The molecule has 0 fully saturated rings. The molecule has 0 heterocycles. The Morgan fingerprint density at radius 2 is 1.58 bits per heavy atom. The number of carbonyl (C=O) groups is 1. The zero-order valence-corrected chi connectivity index (χ0v) is 17.0. The molecule has 9 heteroatoms. The van der Waals surface area contributed by atoms with Gasteiger partial charge in [-0.05, 0) is 43.3 Å². The topological polar surface area (TPSA) is 72.5 Å². The van der Waals surface area contributed by atoms with E-state index in [0.29, 0.717) is 5.75 Å². The van der Waals surface area contributed by atoms with Gasteiger partial charge in [0.05, 0.1) is 12.0 Å². The number of carbonyl (C=O) groups excluding carboxylic acids is 1. The first-order chi connectivity index (χ1) is 12.1. The number of methoxy groups -OCH3 is 1. The number of ether oxygens (including phenoxy) is 1.